The second-order valence-corrected chi connectivity index (χ2v) is 2.48. The maximum atomic E-state index is 9.75. The van der Waals surface area contributed by atoms with Crippen molar-refractivity contribution in [1.82, 2.24) is 0 Å². The van der Waals surface area contributed by atoms with Gasteiger partial charge in [-0.3, -0.25) is 4.79 Å². The summed E-state index contributed by atoms with van der Waals surface area (Å²) in [7, 11) is 0. The van der Waals surface area contributed by atoms with Gasteiger partial charge in [0.2, 0.25) is 0 Å². The van der Waals surface area contributed by atoms with Crippen molar-refractivity contribution in [3.05, 3.63) is 36.1 Å². The summed E-state index contributed by atoms with van der Waals surface area (Å²) in [6.07, 6.45) is 4.13. The fourth-order valence-corrected chi connectivity index (χ4v) is 0.385. The minimum Gasteiger partial charge on any atom is -0.435 e. The number of carbonyl (C=O) groups is 1. The number of carbonyl (C=O) groups excluding carboxylic acids is 1. The second-order valence-electron chi connectivity index (χ2n) is 1.47. The van der Waals surface area contributed by atoms with Crippen molar-refractivity contribution in [2.24, 2.45) is 0 Å². The number of hydrogen-bond acceptors (Lipinski definition) is 2. The van der Waals surface area contributed by atoms with Crippen molar-refractivity contribution in [1.29, 1.82) is 0 Å². The van der Waals surface area contributed by atoms with E-state index < -0.39 is 0 Å². The number of rotatable bonds is 2. The SMILES string of the molecule is C=CC=C(Cl)Cl.C=COC(C)=O.Cl. The largest absolute Gasteiger partial charge is 0.435 e. The van der Waals surface area contributed by atoms with E-state index in [0.29, 0.717) is 0 Å². The van der Waals surface area contributed by atoms with Gasteiger partial charge in [-0.2, -0.15) is 0 Å². The molecule has 2 nitrogen and oxygen atoms in total. The summed E-state index contributed by atoms with van der Waals surface area (Å²) in [4.78, 5) is 9.75. The van der Waals surface area contributed by atoms with E-state index in [-0.39, 0.29) is 22.9 Å². The van der Waals surface area contributed by atoms with Crippen molar-refractivity contribution in [2.75, 3.05) is 0 Å². The first-order valence-corrected chi connectivity index (χ1v) is 3.72. The van der Waals surface area contributed by atoms with Crippen LogP contribution in [-0.4, -0.2) is 5.97 Å². The van der Waals surface area contributed by atoms with E-state index in [1.54, 1.807) is 0 Å². The zero-order valence-corrected chi connectivity index (χ0v) is 9.46. The van der Waals surface area contributed by atoms with Gasteiger partial charge in [-0.15, -0.1) is 12.4 Å². The maximum absolute atomic E-state index is 9.75. The first-order valence-electron chi connectivity index (χ1n) is 2.96. The summed E-state index contributed by atoms with van der Waals surface area (Å²) in [5, 5.41) is 0. The van der Waals surface area contributed by atoms with Crippen molar-refractivity contribution >= 4 is 41.6 Å². The van der Waals surface area contributed by atoms with Gasteiger partial charge in [-0.25, -0.2) is 0 Å². The third kappa shape index (κ3) is 34.2. The smallest absolute Gasteiger partial charge is 0.307 e. The van der Waals surface area contributed by atoms with Crippen molar-refractivity contribution in [2.45, 2.75) is 6.92 Å². The van der Waals surface area contributed by atoms with Gasteiger partial charge >= 0.3 is 5.97 Å². The monoisotopic (exact) mass is 244 g/mol. The molecule has 0 heterocycles. The molecule has 0 spiro atoms. The van der Waals surface area contributed by atoms with Crippen molar-refractivity contribution in [3.63, 3.8) is 0 Å². The summed E-state index contributed by atoms with van der Waals surface area (Å²) in [6, 6.07) is 0. The van der Waals surface area contributed by atoms with Gasteiger partial charge in [0, 0.05) is 6.92 Å². The van der Waals surface area contributed by atoms with Crippen LogP contribution in [0.4, 0.5) is 0 Å². The second kappa shape index (κ2) is 14.1. The number of hydrogen-bond donors (Lipinski definition) is 0. The first kappa shape index (κ1) is 18.4. The Morgan fingerprint density at radius 1 is 1.38 bits per heavy atom. The molecule has 0 aromatic rings. The highest BCUT2D eigenvalue weighted by Crippen LogP contribution is 2.04. The zero-order valence-electron chi connectivity index (χ0n) is 7.13. The molecular weight excluding hydrogens is 234 g/mol. The molecule has 0 aliphatic heterocycles. The highest BCUT2D eigenvalue weighted by Gasteiger charge is 1.79. The van der Waals surface area contributed by atoms with Gasteiger partial charge in [0.1, 0.15) is 4.49 Å². The Balaban J connectivity index is -0.000000143. The molecule has 0 saturated carbocycles. The van der Waals surface area contributed by atoms with Crippen LogP contribution in [0.25, 0.3) is 0 Å². The molecule has 0 fully saturated rings. The Morgan fingerprint density at radius 3 is 1.85 bits per heavy atom. The number of ether oxygens (including phenoxy) is 1. The topological polar surface area (TPSA) is 26.3 Å². The lowest BCUT2D eigenvalue weighted by molar-refractivity contribution is -0.135. The lowest BCUT2D eigenvalue weighted by Gasteiger charge is -1.83. The van der Waals surface area contributed by atoms with Gasteiger partial charge in [0.05, 0.1) is 6.26 Å². The van der Waals surface area contributed by atoms with E-state index in [2.05, 4.69) is 17.9 Å². The normalized spacial score (nSPS) is 6.38. The average molecular weight is 246 g/mol. The molecule has 0 aromatic heterocycles. The van der Waals surface area contributed by atoms with Crippen LogP contribution in [-0.2, 0) is 9.53 Å². The van der Waals surface area contributed by atoms with Crippen LogP contribution in [0.1, 0.15) is 6.92 Å². The summed E-state index contributed by atoms with van der Waals surface area (Å²) in [5.41, 5.74) is 0. The molecule has 13 heavy (non-hydrogen) atoms. The molecule has 0 amide bonds. The van der Waals surface area contributed by atoms with Gasteiger partial charge in [0.25, 0.3) is 0 Å². The predicted octanol–water partition coefficient (Wildman–Crippen LogP) is 3.61. The molecule has 0 aliphatic carbocycles. The third-order valence-corrected chi connectivity index (χ3v) is 0.745. The Bertz CT molecular complexity index is 184. The quantitative estimate of drug-likeness (QED) is 0.422. The summed E-state index contributed by atoms with van der Waals surface area (Å²) in [5.74, 6) is -0.329. The molecule has 0 saturated heterocycles. The minimum atomic E-state index is -0.329. The van der Waals surface area contributed by atoms with Crippen LogP contribution in [0.15, 0.2) is 36.1 Å². The first-order chi connectivity index (χ1) is 5.54. The average Bonchev–Trinajstić information content (AvgIpc) is 1.87. The lowest BCUT2D eigenvalue weighted by atomic mass is 10.6. The standard InChI is InChI=1S/C4H4Cl2.C4H6O2.ClH/c1-2-3-4(5)6;1-3-6-4(2)5;/h2-3H,1H2;3H,1H2,2H3;1H. The number of allylic oxidation sites excluding steroid dienone is 2. The molecule has 5 heteroatoms. The van der Waals surface area contributed by atoms with E-state index >= 15 is 0 Å². The fraction of sp³-hybridized carbons (Fsp3) is 0.125. The van der Waals surface area contributed by atoms with Crippen molar-refractivity contribution in [3.8, 4) is 0 Å². The molecule has 76 valence electrons. The van der Waals surface area contributed by atoms with E-state index in [4.69, 9.17) is 23.2 Å². The number of halogens is 3. The van der Waals surface area contributed by atoms with E-state index in [9.17, 15) is 4.79 Å². The van der Waals surface area contributed by atoms with Crippen LogP contribution < -0.4 is 0 Å². The number of esters is 1. The Morgan fingerprint density at radius 2 is 1.85 bits per heavy atom. The van der Waals surface area contributed by atoms with Gasteiger partial charge < -0.3 is 4.74 Å². The summed E-state index contributed by atoms with van der Waals surface area (Å²) >= 11 is 10.3. The van der Waals surface area contributed by atoms with E-state index in [0.717, 1.165) is 6.26 Å². The molecule has 0 aromatic carbocycles. The molecule has 0 rings (SSSR count). The maximum Gasteiger partial charge on any atom is 0.307 e. The van der Waals surface area contributed by atoms with Gasteiger partial charge in [-0.05, 0) is 6.08 Å². The molecule has 0 N–H and O–H groups in total. The Labute approximate surface area is 94.3 Å². The van der Waals surface area contributed by atoms with Crippen molar-refractivity contribution < 1.29 is 9.53 Å². The van der Waals surface area contributed by atoms with E-state index in [1.807, 2.05) is 0 Å². The Kier molecular flexibility index (Phi) is 19.9. The zero-order chi connectivity index (χ0) is 9.98. The van der Waals surface area contributed by atoms with E-state index in [1.165, 1.54) is 19.1 Å². The fourth-order valence-electron chi connectivity index (χ4n) is 0.206. The minimum absolute atomic E-state index is 0. The molecule has 0 aliphatic rings. The molecule has 0 bridgehead atoms. The Hall–Kier alpha value is -0.440. The highest BCUT2D eigenvalue weighted by molar-refractivity contribution is 6.55. The van der Waals surface area contributed by atoms with Gasteiger partial charge in [0.15, 0.2) is 0 Å². The van der Waals surface area contributed by atoms with Crippen LogP contribution in [0.3, 0.4) is 0 Å². The summed E-state index contributed by atoms with van der Waals surface area (Å²) < 4.78 is 4.41. The van der Waals surface area contributed by atoms with Crippen LogP contribution in [0, 0.1) is 0 Å². The third-order valence-electron chi connectivity index (χ3n) is 0.493. The van der Waals surface area contributed by atoms with Crippen LogP contribution in [0.2, 0.25) is 0 Å². The molecule has 0 atom stereocenters. The lowest BCUT2D eigenvalue weighted by Crippen LogP contribution is -1.87. The van der Waals surface area contributed by atoms with Gasteiger partial charge in [-0.1, -0.05) is 42.4 Å². The molecular formula is C8H11Cl3O2. The molecule has 0 radical (unpaired) electrons. The molecule has 0 unspecified atom stereocenters. The highest BCUT2D eigenvalue weighted by atomic mass is 35.5. The van der Waals surface area contributed by atoms with Crippen LogP contribution >= 0.6 is 35.6 Å². The summed E-state index contributed by atoms with van der Waals surface area (Å²) in [6.45, 7) is 7.83. The predicted molar refractivity (Wildman–Crippen MR) is 59.2 cm³/mol. The van der Waals surface area contributed by atoms with Crippen LogP contribution in [0.5, 0.6) is 0 Å².